The van der Waals surface area contributed by atoms with Gasteiger partial charge in [-0.05, 0) is 37.5 Å². The third kappa shape index (κ3) is 61.3. The maximum Gasteiger partial charge on any atom is 0.472 e. The third-order valence-electron chi connectivity index (χ3n) is 16.1. The molecule has 17 nitrogen and oxygen atoms in total. The number of esters is 4. The Morgan fingerprint density at radius 2 is 0.586 bits per heavy atom. The minimum atomic E-state index is -4.95. The van der Waals surface area contributed by atoms with Crippen LogP contribution in [0.4, 0.5) is 0 Å². The molecule has 0 aliphatic heterocycles. The molecule has 0 spiro atoms. The van der Waals surface area contributed by atoms with Crippen molar-refractivity contribution in [3.8, 4) is 0 Å². The highest BCUT2D eigenvalue weighted by molar-refractivity contribution is 7.47. The van der Waals surface area contributed by atoms with Crippen LogP contribution >= 0.6 is 15.6 Å². The summed E-state index contributed by atoms with van der Waals surface area (Å²) < 4.78 is 68.1. The molecule has 0 amide bonds. The molecule has 6 atom stereocenters. The lowest BCUT2D eigenvalue weighted by molar-refractivity contribution is -0.161. The number of rotatable bonds is 67. The van der Waals surface area contributed by atoms with Gasteiger partial charge >= 0.3 is 39.5 Å². The minimum Gasteiger partial charge on any atom is -0.462 e. The van der Waals surface area contributed by atoms with Crippen molar-refractivity contribution in [1.29, 1.82) is 0 Å². The first-order valence-electron chi connectivity index (χ1n) is 35.5. The summed E-state index contributed by atoms with van der Waals surface area (Å²) >= 11 is 0. The Hall–Kier alpha value is -1.94. The fraction of sp³-hybridized carbons (Fsp3) is 0.941. The van der Waals surface area contributed by atoms with E-state index in [1.165, 1.54) is 148 Å². The van der Waals surface area contributed by atoms with E-state index in [1.807, 2.05) is 0 Å². The van der Waals surface area contributed by atoms with Crippen molar-refractivity contribution in [2.75, 3.05) is 39.6 Å². The summed E-state index contributed by atoms with van der Waals surface area (Å²) in [5.74, 6) is -0.566. The third-order valence-corrected chi connectivity index (χ3v) is 18.0. The second-order valence-corrected chi connectivity index (χ2v) is 28.2. The molecule has 0 aromatic rings. The van der Waals surface area contributed by atoms with E-state index >= 15 is 0 Å². The van der Waals surface area contributed by atoms with Crippen molar-refractivity contribution in [2.24, 2.45) is 11.8 Å². The van der Waals surface area contributed by atoms with E-state index in [4.69, 9.17) is 37.0 Å². The Labute approximate surface area is 530 Å². The average molecular weight is 1280 g/mol. The van der Waals surface area contributed by atoms with Crippen molar-refractivity contribution < 1.29 is 80.2 Å². The van der Waals surface area contributed by atoms with Crippen LogP contribution in [0.1, 0.15) is 343 Å². The van der Waals surface area contributed by atoms with Crippen LogP contribution in [0.15, 0.2) is 0 Å². The maximum absolute atomic E-state index is 13.0. The molecule has 3 unspecified atom stereocenters. The SMILES string of the molecule is CCCCCCCCCCCCCCC(=O)O[C@H](COC(=O)CCCCCCCCC)COP(=O)(O)OC[C@H](O)COP(=O)(O)OC[C@@H](COC(=O)CCCCCCCCCCC(C)CC)OC(=O)CCCCCCCCCCCCCCCC(C)C. The molecular weight excluding hydrogens is 1150 g/mol. The molecule has 0 heterocycles. The van der Waals surface area contributed by atoms with Crippen LogP contribution in [0.2, 0.25) is 0 Å². The first-order chi connectivity index (χ1) is 41.9. The topological polar surface area (TPSA) is 237 Å². The average Bonchev–Trinajstić information content (AvgIpc) is 3.71. The van der Waals surface area contributed by atoms with Crippen LogP contribution in [0.3, 0.4) is 0 Å². The predicted molar refractivity (Wildman–Crippen MR) is 349 cm³/mol. The molecule has 0 saturated carbocycles. The van der Waals surface area contributed by atoms with Gasteiger partial charge in [-0.1, -0.05) is 292 Å². The summed E-state index contributed by atoms with van der Waals surface area (Å²) in [7, 11) is -9.89. The number of aliphatic hydroxyl groups is 1. The van der Waals surface area contributed by atoms with Gasteiger partial charge < -0.3 is 33.8 Å². The number of hydrogen-bond acceptors (Lipinski definition) is 15. The minimum absolute atomic E-state index is 0.107. The first-order valence-corrected chi connectivity index (χ1v) is 38.5. The van der Waals surface area contributed by atoms with Gasteiger partial charge in [0.1, 0.15) is 19.3 Å². The van der Waals surface area contributed by atoms with Gasteiger partial charge in [-0.2, -0.15) is 0 Å². The van der Waals surface area contributed by atoms with Crippen LogP contribution in [-0.4, -0.2) is 96.7 Å². The number of phosphoric ester groups is 2. The van der Waals surface area contributed by atoms with Crippen LogP contribution in [0.5, 0.6) is 0 Å². The Morgan fingerprint density at radius 3 is 0.874 bits per heavy atom. The van der Waals surface area contributed by atoms with Crippen LogP contribution in [0, 0.1) is 11.8 Å². The maximum atomic E-state index is 13.0. The van der Waals surface area contributed by atoms with E-state index in [0.29, 0.717) is 25.7 Å². The van der Waals surface area contributed by atoms with Gasteiger partial charge in [0.05, 0.1) is 26.4 Å². The van der Waals surface area contributed by atoms with Gasteiger partial charge in [-0.3, -0.25) is 37.3 Å². The van der Waals surface area contributed by atoms with Gasteiger partial charge in [0, 0.05) is 25.7 Å². The fourth-order valence-electron chi connectivity index (χ4n) is 10.2. The number of hydrogen-bond donors (Lipinski definition) is 3. The zero-order valence-corrected chi connectivity index (χ0v) is 58.1. The molecule has 0 aliphatic carbocycles. The van der Waals surface area contributed by atoms with E-state index in [0.717, 1.165) is 115 Å². The van der Waals surface area contributed by atoms with E-state index in [9.17, 15) is 43.2 Å². The lowest BCUT2D eigenvalue weighted by Crippen LogP contribution is -2.30. The zero-order valence-electron chi connectivity index (χ0n) is 56.3. The fourth-order valence-corrected chi connectivity index (χ4v) is 11.8. The number of phosphoric acid groups is 2. The largest absolute Gasteiger partial charge is 0.472 e. The van der Waals surface area contributed by atoms with Crippen LogP contribution < -0.4 is 0 Å². The number of carbonyl (C=O) groups is 4. The predicted octanol–water partition coefficient (Wildman–Crippen LogP) is 19.2. The highest BCUT2D eigenvalue weighted by Gasteiger charge is 2.30. The molecule has 3 N–H and O–H groups in total. The van der Waals surface area contributed by atoms with Gasteiger partial charge in [0.15, 0.2) is 12.2 Å². The number of unbranched alkanes of at least 4 members (excludes halogenated alkanes) is 36. The van der Waals surface area contributed by atoms with E-state index in [-0.39, 0.29) is 25.7 Å². The molecule has 19 heteroatoms. The lowest BCUT2D eigenvalue weighted by Gasteiger charge is -2.21. The zero-order chi connectivity index (χ0) is 64.3. The van der Waals surface area contributed by atoms with Crippen molar-refractivity contribution in [3.05, 3.63) is 0 Å². The molecular formula is C68H132O17P2. The van der Waals surface area contributed by atoms with Crippen LogP contribution in [-0.2, 0) is 65.4 Å². The molecule has 0 aromatic heterocycles. The second-order valence-electron chi connectivity index (χ2n) is 25.3. The van der Waals surface area contributed by atoms with Gasteiger partial charge in [-0.15, -0.1) is 0 Å². The standard InChI is InChI=1S/C68H132O17P2/c1-7-10-12-14-16-17-18-23-26-34-40-46-52-67(72)84-63(56-78-65(70)50-44-38-30-15-13-11-8-2)58-82-86(74,75)80-54-62(69)55-81-87(76,77)83-59-64(57-79-66(71)51-45-39-33-29-28-32-37-43-49-61(6)9-3)85-68(73)53-47-41-35-27-24-21-19-20-22-25-31-36-42-48-60(4)5/h60-64,69H,7-59H2,1-6H3,(H,74,75)(H,76,77)/t61?,62-,63+,64+/m0/s1. The summed E-state index contributed by atoms with van der Waals surface area (Å²) in [6.07, 6.45) is 44.4. The molecule has 87 heavy (non-hydrogen) atoms. The van der Waals surface area contributed by atoms with Gasteiger partial charge in [-0.25, -0.2) is 9.13 Å². The Kier molecular flexibility index (Phi) is 59.0. The van der Waals surface area contributed by atoms with E-state index in [1.54, 1.807) is 0 Å². The quantitative estimate of drug-likeness (QED) is 0.0222. The monoisotopic (exact) mass is 1280 g/mol. The van der Waals surface area contributed by atoms with Gasteiger partial charge in [0.2, 0.25) is 0 Å². The van der Waals surface area contributed by atoms with E-state index in [2.05, 4.69) is 41.5 Å². The molecule has 0 radical (unpaired) electrons. The Balaban J connectivity index is 5.21. The molecule has 0 aromatic carbocycles. The summed E-state index contributed by atoms with van der Waals surface area (Å²) in [4.78, 5) is 72.3. The smallest absolute Gasteiger partial charge is 0.462 e. The molecule has 516 valence electrons. The van der Waals surface area contributed by atoms with E-state index < -0.39 is 97.5 Å². The summed E-state index contributed by atoms with van der Waals surface area (Å²) in [5, 5.41) is 10.6. The number of ether oxygens (including phenoxy) is 4. The molecule has 0 aliphatic rings. The van der Waals surface area contributed by atoms with Crippen molar-refractivity contribution in [1.82, 2.24) is 0 Å². The Bertz CT molecular complexity index is 1700. The second kappa shape index (κ2) is 60.3. The number of carbonyl (C=O) groups excluding carboxylic acids is 4. The molecule has 0 fully saturated rings. The Morgan fingerprint density at radius 1 is 0.333 bits per heavy atom. The highest BCUT2D eigenvalue weighted by Crippen LogP contribution is 2.45. The lowest BCUT2D eigenvalue weighted by atomic mass is 9.99. The highest BCUT2D eigenvalue weighted by atomic mass is 31.2. The summed E-state index contributed by atoms with van der Waals surface area (Å²) in [6.45, 7) is 9.51. The van der Waals surface area contributed by atoms with Crippen molar-refractivity contribution >= 4 is 39.5 Å². The molecule has 0 saturated heterocycles. The molecule has 0 bridgehead atoms. The van der Waals surface area contributed by atoms with Crippen molar-refractivity contribution in [3.63, 3.8) is 0 Å². The number of aliphatic hydroxyl groups excluding tert-OH is 1. The molecule has 0 rings (SSSR count). The summed E-state index contributed by atoms with van der Waals surface area (Å²) in [5.41, 5.74) is 0. The normalized spacial score (nSPS) is 14.5. The van der Waals surface area contributed by atoms with Gasteiger partial charge in [0.25, 0.3) is 0 Å². The summed E-state index contributed by atoms with van der Waals surface area (Å²) in [6, 6.07) is 0. The van der Waals surface area contributed by atoms with Crippen molar-refractivity contribution in [2.45, 2.75) is 362 Å². The first kappa shape index (κ1) is 85.1. The van der Waals surface area contributed by atoms with Crippen LogP contribution in [0.25, 0.3) is 0 Å².